The molecule has 0 bridgehead atoms. The predicted molar refractivity (Wildman–Crippen MR) is 108 cm³/mol. The monoisotopic (exact) mass is 378 g/mol. The molecule has 0 atom stereocenters. The summed E-state index contributed by atoms with van der Waals surface area (Å²) in [5, 5.41) is 0. The molecule has 2 heterocycles. The summed E-state index contributed by atoms with van der Waals surface area (Å²) in [6.07, 6.45) is 9.74. The lowest BCUT2D eigenvalue weighted by Gasteiger charge is -2.38. The van der Waals surface area contributed by atoms with Gasteiger partial charge in [-0.2, -0.15) is 0 Å². The van der Waals surface area contributed by atoms with Crippen LogP contribution in [0, 0.1) is 0 Å². The van der Waals surface area contributed by atoms with Crippen LogP contribution in [-0.4, -0.2) is 96.4 Å². The van der Waals surface area contributed by atoms with Crippen LogP contribution in [-0.2, 0) is 9.59 Å². The Kier molecular flexibility index (Phi) is 7.94. The summed E-state index contributed by atoms with van der Waals surface area (Å²) >= 11 is 0. The third kappa shape index (κ3) is 5.92. The molecule has 6 heteroatoms. The fourth-order valence-corrected chi connectivity index (χ4v) is 4.85. The van der Waals surface area contributed by atoms with Crippen LogP contribution in [0.15, 0.2) is 0 Å². The highest BCUT2D eigenvalue weighted by Gasteiger charge is 2.27. The number of likely N-dealkylation sites (N-methyl/N-ethyl adjacent to an activating group) is 1. The van der Waals surface area contributed by atoms with Crippen LogP contribution < -0.4 is 0 Å². The van der Waals surface area contributed by atoms with Crippen molar-refractivity contribution < 1.29 is 9.59 Å². The largest absolute Gasteiger partial charge is 0.342 e. The number of likely N-dealkylation sites (tertiary alicyclic amines) is 1. The average molecular weight is 379 g/mol. The second-order valence-corrected chi connectivity index (χ2v) is 8.47. The van der Waals surface area contributed by atoms with Crippen molar-refractivity contribution in [2.24, 2.45) is 0 Å². The minimum absolute atomic E-state index is 0.286. The van der Waals surface area contributed by atoms with Crippen molar-refractivity contribution in [1.29, 1.82) is 0 Å². The van der Waals surface area contributed by atoms with E-state index in [-0.39, 0.29) is 5.91 Å². The van der Waals surface area contributed by atoms with Gasteiger partial charge >= 0.3 is 0 Å². The Hall–Kier alpha value is -1.14. The van der Waals surface area contributed by atoms with Crippen molar-refractivity contribution >= 4 is 11.8 Å². The van der Waals surface area contributed by atoms with Crippen molar-refractivity contribution in [3.8, 4) is 0 Å². The molecule has 3 aliphatic rings. The lowest BCUT2D eigenvalue weighted by molar-refractivity contribution is -0.137. The molecule has 1 aliphatic carbocycles. The number of carbonyl (C=O) groups is 2. The molecule has 2 amide bonds. The minimum atomic E-state index is 0.286. The molecule has 154 valence electrons. The summed E-state index contributed by atoms with van der Waals surface area (Å²) in [5.41, 5.74) is 0. The van der Waals surface area contributed by atoms with E-state index in [1.54, 1.807) is 0 Å². The van der Waals surface area contributed by atoms with Crippen molar-refractivity contribution in [2.45, 2.75) is 64.3 Å². The molecule has 6 nitrogen and oxygen atoms in total. The number of amides is 2. The minimum Gasteiger partial charge on any atom is -0.342 e. The van der Waals surface area contributed by atoms with Gasteiger partial charge in [0, 0.05) is 51.9 Å². The summed E-state index contributed by atoms with van der Waals surface area (Å²) < 4.78 is 0. The maximum atomic E-state index is 12.8. The number of carbonyl (C=O) groups excluding carboxylic acids is 2. The summed E-state index contributed by atoms with van der Waals surface area (Å²) in [6, 6.07) is 0.458. The summed E-state index contributed by atoms with van der Waals surface area (Å²) in [6.45, 7) is 9.45. The highest BCUT2D eigenvalue weighted by molar-refractivity contribution is 5.79. The number of piperidine rings is 1. The number of hydrogen-bond acceptors (Lipinski definition) is 4. The molecule has 1 saturated carbocycles. The second-order valence-electron chi connectivity index (χ2n) is 8.47. The molecule has 2 aliphatic heterocycles. The predicted octanol–water partition coefficient (Wildman–Crippen LogP) is 1.80. The van der Waals surface area contributed by atoms with Gasteiger partial charge in [0.05, 0.1) is 13.1 Å². The van der Waals surface area contributed by atoms with Gasteiger partial charge in [-0.15, -0.1) is 0 Å². The lowest BCUT2D eigenvalue weighted by Crippen LogP contribution is -2.53. The first kappa shape index (κ1) is 20.6. The van der Waals surface area contributed by atoms with Gasteiger partial charge < -0.3 is 9.80 Å². The molecule has 0 aromatic rings. The van der Waals surface area contributed by atoms with Crippen molar-refractivity contribution in [3.63, 3.8) is 0 Å². The zero-order chi connectivity index (χ0) is 19.1. The van der Waals surface area contributed by atoms with Crippen LogP contribution >= 0.6 is 0 Å². The Morgan fingerprint density at radius 1 is 0.778 bits per heavy atom. The highest BCUT2D eigenvalue weighted by atomic mass is 16.2. The van der Waals surface area contributed by atoms with E-state index >= 15 is 0 Å². The molecule has 3 fully saturated rings. The van der Waals surface area contributed by atoms with Gasteiger partial charge in [0.1, 0.15) is 0 Å². The third-order valence-corrected chi connectivity index (χ3v) is 6.57. The summed E-state index contributed by atoms with van der Waals surface area (Å²) in [4.78, 5) is 33.9. The average Bonchev–Trinajstić information content (AvgIpc) is 2.71. The molecular formula is C21H38N4O2. The van der Waals surface area contributed by atoms with E-state index in [0.717, 1.165) is 58.7 Å². The molecule has 0 spiro atoms. The van der Waals surface area contributed by atoms with E-state index in [1.807, 2.05) is 4.90 Å². The quantitative estimate of drug-likeness (QED) is 0.707. The fraction of sp³-hybridized carbons (Fsp3) is 0.905. The Morgan fingerprint density at radius 2 is 1.33 bits per heavy atom. The molecule has 27 heavy (non-hydrogen) atoms. The Morgan fingerprint density at radius 3 is 1.93 bits per heavy atom. The van der Waals surface area contributed by atoms with Crippen LogP contribution in [0.3, 0.4) is 0 Å². The van der Waals surface area contributed by atoms with Gasteiger partial charge in [-0.05, 0) is 39.0 Å². The van der Waals surface area contributed by atoms with E-state index in [4.69, 9.17) is 0 Å². The van der Waals surface area contributed by atoms with Gasteiger partial charge in [0.15, 0.2) is 0 Å². The number of nitrogens with zero attached hydrogens (tertiary/aromatic N) is 4. The Bertz CT molecular complexity index is 479. The van der Waals surface area contributed by atoms with Gasteiger partial charge in [-0.1, -0.05) is 19.3 Å². The zero-order valence-electron chi connectivity index (χ0n) is 17.2. The number of hydrogen-bond donors (Lipinski definition) is 0. The van der Waals surface area contributed by atoms with Gasteiger partial charge in [-0.3, -0.25) is 19.4 Å². The topological polar surface area (TPSA) is 47.1 Å². The lowest BCUT2D eigenvalue weighted by atomic mass is 9.94. The molecule has 0 N–H and O–H groups in total. The second kappa shape index (κ2) is 10.4. The first-order chi connectivity index (χ1) is 13.2. The maximum absolute atomic E-state index is 12.8. The van der Waals surface area contributed by atoms with E-state index in [9.17, 15) is 9.59 Å². The zero-order valence-corrected chi connectivity index (χ0v) is 17.2. The van der Waals surface area contributed by atoms with Crippen LogP contribution in [0.2, 0.25) is 0 Å². The Labute approximate surface area is 164 Å². The maximum Gasteiger partial charge on any atom is 0.236 e. The van der Waals surface area contributed by atoms with Crippen LogP contribution in [0.4, 0.5) is 0 Å². The van der Waals surface area contributed by atoms with E-state index in [2.05, 4.69) is 21.6 Å². The molecule has 0 aromatic carbocycles. The smallest absolute Gasteiger partial charge is 0.236 e. The number of rotatable bonds is 6. The SMILES string of the molecule is CCN(C(=O)CN1CCN(CC(=O)N2CCCCC2)CC1)C1CCCCC1. The standard InChI is InChI=1S/C21H38N4O2/c1-2-25(19-9-5-3-6-10-19)21(27)18-23-15-13-22(14-16-23)17-20(26)24-11-7-4-8-12-24/h19H,2-18H2,1H3. The Balaban J connectivity index is 1.39. The van der Waals surface area contributed by atoms with Gasteiger partial charge in [-0.25, -0.2) is 0 Å². The normalized spacial score (nSPS) is 23.4. The first-order valence-electron chi connectivity index (χ1n) is 11.2. The van der Waals surface area contributed by atoms with E-state index in [0.29, 0.717) is 25.0 Å². The summed E-state index contributed by atoms with van der Waals surface area (Å²) in [7, 11) is 0. The van der Waals surface area contributed by atoms with Crippen molar-refractivity contribution in [3.05, 3.63) is 0 Å². The fourth-order valence-electron chi connectivity index (χ4n) is 4.85. The molecule has 0 unspecified atom stereocenters. The van der Waals surface area contributed by atoms with Crippen LogP contribution in [0.1, 0.15) is 58.3 Å². The number of piperazine rings is 1. The highest BCUT2D eigenvalue weighted by Crippen LogP contribution is 2.22. The molecule has 3 rings (SSSR count). The van der Waals surface area contributed by atoms with Crippen molar-refractivity contribution in [1.82, 2.24) is 19.6 Å². The van der Waals surface area contributed by atoms with Crippen molar-refractivity contribution in [2.75, 3.05) is 58.9 Å². The molecule has 2 saturated heterocycles. The van der Waals surface area contributed by atoms with E-state index < -0.39 is 0 Å². The molecular weight excluding hydrogens is 340 g/mol. The first-order valence-corrected chi connectivity index (χ1v) is 11.2. The van der Waals surface area contributed by atoms with Crippen LogP contribution in [0.5, 0.6) is 0 Å². The van der Waals surface area contributed by atoms with Gasteiger partial charge in [0.2, 0.25) is 11.8 Å². The van der Waals surface area contributed by atoms with Crippen LogP contribution in [0.25, 0.3) is 0 Å². The summed E-state index contributed by atoms with van der Waals surface area (Å²) in [5.74, 6) is 0.580. The third-order valence-electron chi connectivity index (χ3n) is 6.57. The molecule has 0 aromatic heterocycles. The van der Waals surface area contributed by atoms with Gasteiger partial charge in [0.25, 0.3) is 0 Å². The molecule has 0 radical (unpaired) electrons. The van der Waals surface area contributed by atoms with E-state index in [1.165, 1.54) is 38.5 Å².